The maximum atomic E-state index is 9.44. The Morgan fingerprint density at radius 3 is 2.67 bits per heavy atom. The van der Waals surface area contributed by atoms with Gasteiger partial charge >= 0.3 is 0 Å². The zero-order valence-electron chi connectivity index (χ0n) is 7.74. The van der Waals surface area contributed by atoms with E-state index in [1.807, 2.05) is 19.2 Å². The Balaban J connectivity index is 2.80. The van der Waals surface area contributed by atoms with Crippen LogP contribution >= 0.6 is 11.3 Å². The molecular weight excluding hydrogens is 170 g/mol. The number of aliphatic hydroxyl groups is 1. The van der Waals surface area contributed by atoms with Crippen molar-refractivity contribution in [2.24, 2.45) is 0 Å². The summed E-state index contributed by atoms with van der Waals surface area (Å²) in [5, 5.41) is 12.5. The van der Waals surface area contributed by atoms with Gasteiger partial charge in [-0.1, -0.05) is 6.92 Å². The second-order valence-corrected chi connectivity index (χ2v) is 3.97. The third-order valence-electron chi connectivity index (χ3n) is 1.98. The molecule has 1 rings (SSSR count). The number of thiazole rings is 1. The van der Waals surface area contributed by atoms with Crippen LogP contribution in [-0.4, -0.2) is 16.2 Å². The van der Waals surface area contributed by atoms with E-state index in [0.717, 1.165) is 17.1 Å². The molecule has 3 heteroatoms. The number of rotatable bonds is 3. The van der Waals surface area contributed by atoms with Crippen molar-refractivity contribution in [1.82, 2.24) is 4.98 Å². The molecule has 0 fully saturated rings. The molecule has 0 spiro atoms. The summed E-state index contributed by atoms with van der Waals surface area (Å²) in [7, 11) is 0. The molecule has 0 saturated carbocycles. The highest BCUT2D eigenvalue weighted by Gasteiger charge is 2.17. The molecule has 2 unspecified atom stereocenters. The van der Waals surface area contributed by atoms with Crippen molar-refractivity contribution in [1.29, 1.82) is 0 Å². The van der Waals surface area contributed by atoms with E-state index < -0.39 is 0 Å². The highest BCUT2D eigenvalue weighted by Crippen LogP contribution is 2.25. The number of hydrogen-bond donors (Lipinski definition) is 1. The predicted molar refractivity (Wildman–Crippen MR) is 51.6 cm³/mol. The molecule has 1 heterocycles. The van der Waals surface area contributed by atoms with Crippen molar-refractivity contribution in [3.05, 3.63) is 16.1 Å². The molecule has 1 aromatic heterocycles. The van der Waals surface area contributed by atoms with Crippen LogP contribution in [0.4, 0.5) is 0 Å². The zero-order valence-corrected chi connectivity index (χ0v) is 8.56. The monoisotopic (exact) mass is 185 g/mol. The summed E-state index contributed by atoms with van der Waals surface area (Å²) in [6, 6.07) is 0. The zero-order chi connectivity index (χ0) is 9.14. The van der Waals surface area contributed by atoms with Crippen molar-refractivity contribution in [3.8, 4) is 0 Å². The van der Waals surface area contributed by atoms with E-state index in [0.29, 0.717) is 0 Å². The number of aryl methyl sites for hydroxylation is 1. The predicted octanol–water partition coefficient (Wildman–Crippen LogP) is 2.33. The fourth-order valence-corrected chi connectivity index (χ4v) is 2.34. The van der Waals surface area contributed by atoms with E-state index in [1.54, 1.807) is 11.3 Å². The summed E-state index contributed by atoms with van der Waals surface area (Å²) >= 11 is 1.64. The largest absolute Gasteiger partial charge is 0.393 e. The maximum absolute atomic E-state index is 9.44. The minimum Gasteiger partial charge on any atom is -0.393 e. The quantitative estimate of drug-likeness (QED) is 0.784. The van der Waals surface area contributed by atoms with Crippen molar-refractivity contribution >= 4 is 11.3 Å². The van der Waals surface area contributed by atoms with Gasteiger partial charge in [-0.3, -0.25) is 0 Å². The van der Waals surface area contributed by atoms with Gasteiger partial charge < -0.3 is 5.11 Å². The lowest BCUT2D eigenvalue weighted by Gasteiger charge is -2.14. The van der Waals surface area contributed by atoms with Crippen LogP contribution in [0.5, 0.6) is 0 Å². The molecule has 0 aliphatic heterocycles. The smallest absolute Gasteiger partial charge is 0.0984 e. The SMILES string of the molecule is CCC(c1nc(C)cs1)C(C)O. The van der Waals surface area contributed by atoms with Crippen LogP contribution in [0.25, 0.3) is 0 Å². The Bertz CT molecular complexity index is 244. The van der Waals surface area contributed by atoms with Crippen molar-refractivity contribution in [2.45, 2.75) is 39.2 Å². The first kappa shape index (κ1) is 9.68. The number of aliphatic hydroxyl groups excluding tert-OH is 1. The molecule has 0 saturated heterocycles. The van der Waals surface area contributed by atoms with Gasteiger partial charge in [0.25, 0.3) is 0 Å². The second kappa shape index (κ2) is 4.01. The fraction of sp³-hybridized carbons (Fsp3) is 0.667. The first-order valence-corrected chi connectivity index (χ1v) is 5.13. The Morgan fingerprint density at radius 1 is 1.67 bits per heavy atom. The first-order chi connectivity index (χ1) is 5.65. The van der Waals surface area contributed by atoms with Gasteiger partial charge in [-0.05, 0) is 20.3 Å². The van der Waals surface area contributed by atoms with Gasteiger partial charge in [-0.2, -0.15) is 0 Å². The molecule has 0 aliphatic carbocycles. The van der Waals surface area contributed by atoms with Gasteiger partial charge in [-0.15, -0.1) is 11.3 Å². The number of nitrogens with zero attached hydrogens (tertiary/aromatic N) is 1. The van der Waals surface area contributed by atoms with Crippen LogP contribution in [-0.2, 0) is 0 Å². The molecule has 1 aromatic rings. The summed E-state index contributed by atoms with van der Waals surface area (Å²) in [6.07, 6.45) is 0.658. The second-order valence-electron chi connectivity index (χ2n) is 3.08. The molecule has 12 heavy (non-hydrogen) atoms. The average Bonchev–Trinajstić information content (AvgIpc) is 2.37. The molecule has 2 nitrogen and oxygen atoms in total. The van der Waals surface area contributed by atoms with E-state index in [4.69, 9.17) is 0 Å². The van der Waals surface area contributed by atoms with Crippen LogP contribution in [0.1, 0.15) is 36.9 Å². The fourth-order valence-electron chi connectivity index (χ4n) is 1.26. The molecule has 0 radical (unpaired) electrons. The van der Waals surface area contributed by atoms with E-state index in [1.165, 1.54) is 0 Å². The van der Waals surface area contributed by atoms with Gasteiger partial charge in [0.15, 0.2) is 0 Å². The molecule has 0 aromatic carbocycles. The maximum Gasteiger partial charge on any atom is 0.0984 e. The normalized spacial score (nSPS) is 16.0. The van der Waals surface area contributed by atoms with Crippen LogP contribution in [0.2, 0.25) is 0 Å². The molecule has 0 aliphatic rings. The van der Waals surface area contributed by atoms with Crippen molar-refractivity contribution in [2.75, 3.05) is 0 Å². The topological polar surface area (TPSA) is 33.1 Å². The third-order valence-corrected chi connectivity index (χ3v) is 3.07. The van der Waals surface area contributed by atoms with E-state index >= 15 is 0 Å². The Hall–Kier alpha value is -0.410. The lowest BCUT2D eigenvalue weighted by Crippen LogP contribution is -2.13. The highest BCUT2D eigenvalue weighted by molar-refractivity contribution is 7.09. The standard InChI is InChI=1S/C9H15NOS/c1-4-8(7(3)11)9-10-6(2)5-12-9/h5,7-8,11H,4H2,1-3H3. The average molecular weight is 185 g/mol. The lowest BCUT2D eigenvalue weighted by atomic mass is 10.0. The summed E-state index contributed by atoms with van der Waals surface area (Å²) in [6.45, 7) is 5.88. The minimum atomic E-state index is -0.291. The summed E-state index contributed by atoms with van der Waals surface area (Å²) in [5.41, 5.74) is 1.05. The van der Waals surface area contributed by atoms with Crippen LogP contribution in [0, 0.1) is 6.92 Å². The van der Waals surface area contributed by atoms with Crippen molar-refractivity contribution < 1.29 is 5.11 Å². The van der Waals surface area contributed by atoms with Gasteiger partial charge in [-0.25, -0.2) is 4.98 Å². The van der Waals surface area contributed by atoms with Crippen molar-refractivity contribution in [3.63, 3.8) is 0 Å². The summed E-state index contributed by atoms with van der Waals surface area (Å²) in [5.74, 6) is 0.212. The van der Waals surface area contributed by atoms with E-state index in [9.17, 15) is 5.11 Å². The molecular formula is C9H15NOS. The Morgan fingerprint density at radius 2 is 2.33 bits per heavy atom. The molecule has 2 atom stereocenters. The summed E-state index contributed by atoms with van der Waals surface area (Å²) in [4.78, 5) is 4.36. The van der Waals surface area contributed by atoms with Gasteiger partial charge in [0, 0.05) is 17.0 Å². The van der Waals surface area contributed by atoms with Gasteiger partial charge in [0.1, 0.15) is 0 Å². The number of hydrogen-bond acceptors (Lipinski definition) is 3. The lowest BCUT2D eigenvalue weighted by molar-refractivity contribution is 0.159. The summed E-state index contributed by atoms with van der Waals surface area (Å²) < 4.78 is 0. The Kier molecular flexibility index (Phi) is 3.23. The van der Waals surface area contributed by atoms with E-state index in [2.05, 4.69) is 11.9 Å². The third kappa shape index (κ3) is 2.05. The highest BCUT2D eigenvalue weighted by atomic mass is 32.1. The minimum absolute atomic E-state index is 0.212. The van der Waals surface area contributed by atoms with Crippen LogP contribution < -0.4 is 0 Å². The van der Waals surface area contributed by atoms with Gasteiger partial charge in [0.2, 0.25) is 0 Å². The molecule has 0 bridgehead atoms. The van der Waals surface area contributed by atoms with E-state index in [-0.39, 0.29) is 12.0 Å². The van der Waals surface area contributed by atoms with Crippen LogP contribution in [0.3, 0.4) is 0 Å². The van der Waals surface area contributed by atoms with Crippen LogP contribution in [0.15, 0.2) is 5.38 Å². The molecule has 0 amide bonds. The molecule has 1 N–H and O–H groups in total. The first-order valence-electron chi connectivity index (χ1n) is 4.25. The Labute approximate surface area is 77.3 Å². The number of aromatic nitrogens is 1. The van der Waals surface area contributed by atoms with Gasteiger partial charge in [0.05, 0.1) is 11.1 Å². The molecule has 68 valence electrons.